The van der Waals surface area contributed by atoms with E-state index in [1.165, 1.54) is 17.2 Å². The summed E-state index contributed by atoms with van der Waals surface area (Å²) in [6.45, 7) is 0.286. The van der Waals surface area contributed by atoms with E-state index in [4.69, 9.17) is 5.73 Å². The summed E-state index contributed by atoms with van der Waals surface area (Å²) in [7, 11) is 0. The van der Waals surface area contributed by atoms with Gasteiger partial charge in [0.25, 0.3) is 5.91 Å². The van der Waals surface area contributed by atoms with E-state index in [1.807, 2.05) is 0 Å². The van der Waals surface area contributed by atoms with Crippen LogP contribution in [0.2, 0.25) is 0 Å². The second kappa shape index (κ2) is 4.07. The third-order valence-corrected chi connectivity index (χ3v) is 2.58. The zero-order chi connectivity index (χ0) is 11.7. The van der Waals surface area contributed by atoms with Crippen molar-refractivity contribution >= 4 is 11.7 Å². The number of nitrogen functional groups attached to an aromatic ring is 1. The fraction of sp³-hybridized carbons (Fsp3) is 0.400. The van der Waals surface area contributed by atoms with Gasteiger partial charge in [-0.1, -0.05) is 0 Å². The number of aliphatic hydroxyl groups is 2. The Balaban J connectivity index is 2.11. The van der Waals surface area contributed by atoms with E-state index in [0.29, 0.717) is 11.4 Å². The lowest BCUT2D eigenvalue weighted by atomic mass is 10.2. The molecule has 0 radical (unpaired) electrons. The van der Waals surface area contributed by atoms with Crippen LogP contribution in [-0.4, -0.2) is 51.3 Å². The van der Waals surface area contributed by atoms with Gasteiger partial charge in [-0.05, 0) is 12.1 Å². The molecule has 0 spiro atoms. The molecule has 2 atom stereocenters. The number of carbonyl (C=O) groups is 1. The van der Waals surface area contributed by atoms with Crippen molar-refractivity contribution in [1.82, 2.24) is 9.88 Å². The van der Waals surface area contributed by atoms with Gasteiger partial charge in [-0.15, -0.1) is 0 Å². The van der Waals surface area contributed by atoms with Gasteiger partial charge in [0.2, 0.25) is 0 Å². The maximum Gasteiger partial charge on any atom is 0.255 e. The first-order valence-electron chi connectivity index (χ1n) is 4.95. The number of hydrogen-bond acceptors (Lipinski definition) is 5. The Kier molecular flexibility index (Phi) is 2.76. The molecule has 2 heterocycles. The summed E-state index contributed by atoms with van der Waals surface area (Å²) in [6.07, 6.45) is -0.356. The summed E-state index contributed by atoms with van der Waals surface area (Å²) in [5.41, 5.74) is 5.81. The van der Waals surface area contributed by atoms with Crippen LogP contribution in [0.1, 0.15) is 10.4 Å². The van der Waals surface area contributed by atoms with Crippen LogP contribution in [0.25, 0.3) is 0 Å². The quantitative estimate of drug-likeness (QED) is 0.557. The molecule has 16 heavy (non-hydrogen) atoms. The Labute approximate surface area is 92.3 Å². The van der Waals surface area contributed by atoms with Crippen molar-refractivity contribution in [2.24, 2.45) is 0 Å². The van der Waals surface area contributed by atoms with E-state index in [2.05, 4.69) is 4.98 Å². The second-order valence-corrected chi connectivity index (χ2v) is 3.82. The zero-order valence-electron chi connectivity index (χ0n) is 8.58. The third-order valence-electron chi connectivity index (χ3n) is 2.58. The Hall–Kier alpha value is -1.66. The molecule has 6 nitrogen and oxygen atoms in total. The first-order chi connectivity index (χ1) is 7.58. The third kappa shape index (κ3) is 1.98. The minimum atomic E-state index is -0.870. The maximum atomic E-state index is 11.9. The summed E-state index contributed by atoms with van der Waals surface area (Å²) in [4.78, 5) is 17.1. The fourth-order valence-corrected chi connectivity index (χ4v) is 1.65. The minimum absolute atomic E-state index is 0.143. The summed E-state index contributed by atoms with van der Waals surface area (Å²) in [5.74, 6) is 0.0844. The molecule has 1 aliphatic rings. The summed E-state index contributed by atoms with van der Waals surface area (Å²) < 4.78 is 0. The number of nitrogens with two attached hydrogens (primary N) is 1. The standard InChI is InChI=1S/C10H13N3O3/c11-9-2-1-6(3-12-9)10(16)13-4-7(14)8(15)5-13/h1-3,7-8,14-15H,4-5H2,(H2,11,12). The van der Waals surface area contributed by atoms with Crippen molar-refractivity contribution in [3.8, 4) is 0 Å². The lowest BCUT2D eigenvalue weighted by molar-refractivity contribution is 0.0572. The summed E-state index contributed by atoms with van der Waals surface area (Å²) in [5, 5.41) is 18.7. The smallest absolute Gasteiger partial charge is 0.255 e. The van der Waals surface area contributed by atoms with Crippen molar-refractivity contribution in [3.63, 3.8) is 0 Å². The van der Waals surface area contributed by atoms with Crippen LogP contribution in [0, 0.1) is 0 Å². The van der Waals surface area contributed by atoms with Crippen molar-refractivity contribution in [1.29, 1.82) is 0 Å². The fourth-order valence-electron chi connectivity index (χ4n) is 1.65. The Bertz CT molecular complexity index is 383. The van der Waals surface area contributed by atoms with E-state index >= 15 is 0 Å². The number of β-amino-alcohol motifs (C(OH)–C–C–N with tert-alkyl or cyclic N) is 2. The highest BCUT2D eigenvalue weighted by Crippen LogP contribution is 2.14. The van der Waals surface area contributed by atoms with Crippen LogP contribution >= 0.6 is 0 Å². The summed E-state index contributed by atoms with van der Waals surface area (Å²) in [6, 6.07) is 3.11. The molecule has 0 aliphatic carbocycles. The monoisotopic (exact) mass is 223 g/mol. The van der Waals surface area contributed by atoms with Gasteiger partial charge in [-0.3, -0.25) is 4.79 Å². The summed E-state index contributed by atoms with van der Waals surface area (Å²) >= 11 is 0. The van der Waals surface area contributed by atoms with Crippen LogP contribution in [0.3, 0.4) is 0 Å². The number of aromatic nitrogens is 1. The van der Waals surface area contributed by atoms with E-state index in [9.17, 15) is 15.0 Å². The average molecular weight is 223 g/mol. The number of anilines is 1. The number of pyridine rings is 1. The number of likely N-dealkylation sites (tertiary alicyclic amines) is 1. The molecule has 1 saturated heterocycles. The van der Waals surface area contributed by atoms with Crippen LogP contribution in [-0.2, 0) is 0 Å². The molecule has 6 heteroatoms. The second-order valence-electron chi connectivity index (χ2n) is 3.82. The maximum absolute atomic E-state index is 11.9. The molecule has 1 aromatic heterocycles. The Morgan fingerprint density at radius 2 is 2.00 bits per heavy atom. The number of nitrogens with zero attached hydrogens (tertiary/aromatic N) is 2. The van der Waals surface area contributed by atoms with Crippen molar-refractivity contribution in [2.75, 3.05) is 18.8 Å². The molecule has 0 saturated carbocycles. The topological polar surface area (TPSA) is 99.7 Å². The molecule has 86 valence electrons. The van der Waals surface area contributed by atoms with Gasteiger partial charge in [-0.2, -0.15) is 0 Å². The predicted octanol–water partition coefficient (Wildman–Crippen LogP) is -1.16. The normalized spacial score (nSPS) is 24.8. The molecular formula is C10H13N3O3. The first kappa shape index (κ1) is 10.8. The van der Waals surface area contributed by atoms with Gasteiger partial charge in [-0.25, -0.2) is 4.98 Å². The molecule has 0 bridgehead atoms. The van der Waals surface area contributed by atoms with Crippen LogP contribution in [0.4, 0.5) is 5.82 Å². The number of amides is 1. The molecule has 1 aromatic rings. The van der Waals surface area contributed by atoms with Gasteiger partial charge < -0.3 is 20.8 Å². The lowest BCUT2D eigenvalue weighted by Gasteiger charge is -2.14. The number of carbonyl (C=O) groups excluding carboxylic acids is 1. The van der Waals surface area contributed by atoms with E-state index < -0.39 is 12.2 Å². The largest absolute Gasteiger partial charge is 0.388 e. The van der Waals surface area contributed by atoms with Crippen LogP contribution < -0.4 is 5.73 Å². The molecule has 2 rings (SSSR count). The molecule has 1 amide bonds. The highest BCUT2D eigenvalue weighted by molar-refractivity contribution is 5.94. The minimum Gasteiger partial charge on any atom is -0.388 e. The van der Waals surface area contributed by atoms with Crippen LogP contribution in [0.5, 0.6) is 0 Å². The number of rotatable bonds is 1. The highest BCUT2D eigenvalue weighted by atomic mass is 16.3. The highest BCUT2D eigenvalue weighted by Gasteiger charge is 2.32. The predicted molar refractivity (Wildman–Crippen MR) is 56.6 cm³/mol. The Morgan fingerprint density at radius 3 is 2.50 bits per heavy atom. The van der Waals surface area contributed by atoms with E-state index in [-0.39, 0.29) is 19.0 Å². The van der Waals surface area contributed by atoms with Crippen molar-refractivity contribution < 1.29 is 15.0 Å². The molecular weight excluding hydrogens is 210 g/mol. The molecule has 1 aliphatic heterocycles. The molecule has 2 unspecified atom stereocenters. The SMILES string of the molecule is Nc1ccc(C(=O)N2CC(O)C(O)C2)cn1. The van der Waals surface area contributed by atoms with Crippen molar-refractivity contribution in [2.45, 2.75) is 12.2 Å². The molecule has 4 N–H and O–H groups in total. The van der Waals surface area contributed by atoms with E-state index in [0.717, 1.165) is 0 Å². The Morgan fingerprint density at radius 1 is 1.38 bits per heavy atom. The van der Waals surface area contributed by atoms with Gasteiger partial charge >= 0.3 is 0 Å². The number of aliphatic hydroxyl groups excluding tert-OH is 2. The number of hydrogen-bond donors (Lipinski definition) is 3. The van der Waals surface area contributed by atoms with E-state index in [1.54, 1.807) is 6.07 Å². The van der Waals surface area contributed by atoms with Gasteiger partial charge in [0, 0.05) is 19.3 Å². The van der Waals surface area contributed by atoms with Gasteiger partial charge in [0.05, 0.1) is 17.8 Å². The van der Waals surface area contributed by atoms with Gasteiger partial charge in [0.15, 0.2) is 0 Å². The molecule has 1 fully saturated rings. The van der Waals surface area contributed by atoms with Gasteiger partial charge in [0.1, 0.15) is 5.82 Å². The van der Waals surface area contributed by atoms with Crippen LogP contribution in [0.15, 0.2) is 18.3 Å². The molecule has 0 aromatic carbocycles. The van der Waals surface area contributed by atoms with Crippen molar-refractivity contribution in [3.05, 3.63) is 23.9 Å². The first-order valence-corrected chi connectivity index (χ1v) is 4.95. The lowest BCUT2D eigenvalue weighted by Crippen LogP contribution is -2.29. The zero-order valence-corrected chi connectivity index (χ0v) is 8.58. The average Bonchev–Trinajstić information content (AvgIpc) is 2.59.